The van der Waals surface area contributed by atoms with Crippen molar-refractivity contribution in [3.05, 3.63) is 69.8 Å². The van der Waals surface area contributed by atoms with Crippen LogP contribution in [0.1, 0.15) is 48.9 Å². The summed E-state index contributed by atoms with van der Waals surface area (Å²) in [5.74, 6) is 0.286. The van der Waals surface area contributed by atoms with E-state index < -0.39 is 0 Å². The van der Waals surface area contributed by atoms with Crippen molar-refractivity contribution in [2.24, 2.45) is 0 Å². The first-order valence-corrected chi connectivity index (χ1v) is 8.73. The van der Waals surface area contributed by atoms with Crippen molar-refractivity contribution in [3.63, 3.8) is 0 Å². The third-order valence-electron chi connectivity index (χ3n) is 4.92. The van der Waals surface area contributed by atoms with Crippen LogP contribution in [0.3, 0.4) is 0 Å². The van der Waals surface area contributed by atoms with Crippen LogP contribution in [-0.2, 0) is 5.41 Å². The lowest BCUT2D eigenvalue weighted by Gasteiger charge is -2.23. The molecule has 5 nitrogen and oxygen atoms in total. The van der Waals surface area contributed by atoms with E-state index in [1.54, 1.807) is 25.1 Å². The van der Waals surface area contributed by atoms with Crippen molar-refractivity contribution in [2.75, 3.05) is 5.32 Å². The minimum Gasteiger partial charge on any atom is -0.320 e. The number of hydrogen-bond acceptors (Lipinski definition) is 3. The zero-order valence-corrected chi connectivity index (χ0v) is 15.5. The zero-order chi connectivity index (χ0) is 18.9. The molecule has 0 radical (unpaired) electrons. The van der Waals surface area contributed by atoms with Crippen molar-refractivity contribution >= 4 is 22.5 Å². The minimum absolute atomic E-state index is 0.0765. The summed E-state index contributed by atoms with van der Waals surface area (Å²) >= 11 is 0. The fraction of sp³-hybridized carbons (Fsp3) is 0.286. The molecule has 2 N–H and O–H groups in total. The molecule has 0 aliphatic carbocycles. The fourth-order valence-electron chi connectivity index (χ4n) is 2.85. The lowest BCUT2D eigenvalue weighted by Crippen LogP contribution is -2.17. The van der Waals surface area contributed by atoms with E-state index in [9.17, 15) is 9.59 Å². The molecule has 1 aromatic heterocycles. The van der Waals surface area contributed by atoms with Gasteiger partial charge in [0.25, 0.3) is 11.5 Å². The summed E-state index contributed by atoms with van der Waals surface area (Å²) in [6.07, 6.45) is 1.02. The Kier molecular flexibility index (Phi) is 4.64. The Morgan fingerprint density at radius 2 is 1.85 bits per heavy atom. The van der Waals surface area contributed by atoms with Gasteiger partial charge < -0.3 is 10.3 Å². The Bertz CT molecular complexity index is 1020. The molecule has 0 aliphatic heterocycles. The van der Waals surface area contributed by atoms with Gasteiger partial charge in [-0.2, -0.15) is 0 Å². The maximum absolute atomic E-state index is 12.6. The second kappa shape index (κ2) is 6.75. The molecule has 0 aliphatic rings. The summed E-state index contributed by atoms with van der Waals surface area (Å²) in [5, 5.41) is 3.33. The molecule has 0 atom stereocenters. The summed E-state index contributed by atoms with van der Waals surface area (Å²) < 4.78 is 0. The molecular weight excluding hydrogens is 326 g/mol. The average Bonchev–Trinajstić information content (AvgIpc) is 2.62. The van der Waals surface area contributed by atoms with E-state index in [-0.39, 0.29) is 16.9 Å². The van der Waals surface area contributed by atoms with Gasteiger partial charge in [0.1, 0.15) is 11.3 Å². The number of carbonyl (C=O) groups excluding carboxylic acids is 1. The second-order valence-electron chi connectivity index (χ2n) is 7.12. The van der Waals surface area contributed by atoms with Crippen molar-refractivity contribution in [1.29, 1.82) is 0 Å². The molecule has 0 saturated carbocycles. The Balaban J connectivity index is 1.91. The molecule has 1 heterocycles. The number of aromatic nitrogens is 2. The molecule has 5 heteroatoms. The second-order valence-corrected chi connectivity index (χ2v) is 7.12. The predicted octanol–water partition coefficient (Wildman–Crippen LogP) is 4.17. The van der Waals surface area contributed by atoms with Crippen LogP contribution in [0.2, 0.25) is 0 Å². The number of rotatable bonds is 4. The van der Waals surface area contributed by atoms with Crippen LogP contribution in [0.15, 0.2) is 47.3 Å². The number of hydrogen-bond donors (Lipinski definition) is 2. The molecule has 134 valence electrons. The first-order valence-electron chi connectivity index (χ1n) is 8.73. The molecular formula is C21H23N3O2. The zero-order valence-electron chi connectivity index (χ0n) is 15.5. The van der Waals surface area contributed by atoms with Crippen molar-refractivity contribution in [2.45, 2.75) is 39.5 Å². The van der Waals surface area contributed by atoms with Gasteiger partial charge in [0.05, 0.1) is 11.1 Å². The van der Waals surface area contributed by atoms with Gasteiger partial charge >= 0.3 is 0 Å². The normalized spacial score (nSPS) is 11.5. The number of benzene rings is 2. The van der Waals surface area contributed by atoms with Crippen molar-refractivity contribution < 1.29 is 4.79 Å². The fourth-order valence-corrected chi connectivity index (χ4v) is 2.85. The van der Waals surface area contributed by atoms with Crippen LogP contribution in [0.4, 0.5) is 5.69 Å². The van der Waals surface area contributed by atoms with E-state index in [0.29, 0.717) is 28.0 Å². The van der Waals surface area contributed by atoms with Crippen LogP contribution in [0, 0.1) is 6.92 Å². The first-order chi connectivity index (χ1) is 12.3. The van der Waals surface area contributed by atoms with E-state index in [2.05, 4.69) is 36.1 Å². The summed E-state index contributed by atoms with van der Waals surface area (Å²) in [7, 11) is 0. The summed E-state index contributed by atoms with van der Waals surface area (Å²) in [4.78, 5) is 31.7. The highest BCUT2D eigenvalue weighted by atomic mass is 16.1. The molecule has 0 bridgehead atoms. The number of para-hydroxylation sites is 1. The van der Waals surface area contributed by atoms with Gasteiger partial charge in [-0.1, -0.05) is 39.0 Å². The first kappa shape index (κ1) is 17.9. The molecule has 2 aromatic carbocycles. The van der Waals surface area contributed by atoms with E-state index in [1.807, 2.05) is 24.3 Å². The highest BCUT2D eigenvalue weighted by Gasteiger charge is 2.18. The molecule has 3 aromatic rings. The number of anilines is 1. The highest BCUT2D eigenvalue weighted by molar-refractivity contribution is 6.08. The molecule has 0 unspecified atom stereocenters. The van der Waals surface area contributed by atoms with Crippen LogP contribution in [-0.4, -0.2) is 15.9 Å². The summed E-state index contributed by atoms with van der Waals surface area (Å²) in [6, 6.07) is 12.8. The average molecular weight is 349 g/mol. The van der Waals surface area contributed by atoms with Gasteiger partial charge in [0.15, 0.2) is 0 Å². The molecule has 26 heavy (non-hydrogen) atoms. The predicted molar refractivity (Wildman–Crippen MR) is 105 cm³/mol. The lowest BCUT2D eigenvalue weighted by atomic mass is 9.82. The SMILES string of the molecule is CCC(C)(C)c1ccc(C(=O)Nc2cccc3c(=O)[nH]c(C)nc23)cc1. The Hall–Kier alpha value is -2.95. The van der Waals surface area contributed by atoms with E-state index in [0.717, 1.165) is 6.42 Å². The van der Waals surface area contributed by atoms with Gasteiger partial charge in [-0.25, -0.2) is 4.98 Å². The quantitative estimate of drug-likeness (QED) is 0.742. The number of aromatic amines is 1. The van der Waals surface area contributed by atoms with Gasteiger partial charge in [-0.15, -0.1) is 0 Å². The van der Waals surface area contributed by atoms with Crippen LogP contribution in [0.25, 0.3) is 10.9 Å². The maximum Gasteiger partial charge on any atom is 0.258 e. The number of nitrogens with zero attached hydrogens (tertiary/aromatic N) is 1. The number of fused-ring (bicyclic) bond motifs is 1. The van der Waals surface area contributed by atoms with Gasteiger partial charge in [-0.05, 0) is 48.6 Å². The number of carbonyl (C=O) groups is 1. The van der Waals surface area contributed by atoms with Crippen LogP contribution in [0.5, 0.6) is 0 Å². The third kappa shape index (κ3) is 3.38. The highest BCUT2D eigenvalue weighted by Crippen LogP contribution is 2.27. The Morgan fingerprint density at radius 3 is 2.50 bits per heavy atom. The van der Waals surface area contributed by atoms with Crippen molar-refractivity contribution in [3.8, 4) is 0 Å². The minimum atomic E-state index is -0.224. The summed E-state index contributed by atoms with van der Waals surface area (Å²) in [5.41, 5.74) is 2.65. The number of aryl methyl sites for hydroxylation is 1. The molecule has 3 rings (SSSR count). The summed E-state index contributed by atoms with van der Waals surface area (Å²) in [6.45, 7) is 8.24. The van der Waals surface area contributed by atoms with Crippen LogP contribution >= 0.6 is 0 Å². The van der Waals surface area contributed by atoms with E-state index in [4.69, 9.17) is 0 Å². The Labute approximate surface area is 152 Å². The van der Waals surface area contributed by atoms with Gasteiger partial charge in [0.2, 0.25) is 0 Å². The topological polar surface area (TPSA) is 74.8 Å². The largest absolute Gasteiger partial charge is 0.320 e. The molecule has 0 saturated heterocycles. The molecule has 1 amide bonds. The lowest BCUT2D eigenvalue weighted by molar-refractivity contribution is 0.102. The van der Waals surface area contributed by atoms with Gasteiger partial charge in [0, 0.05) is 5.56 Å². The molecule has 0 spiro atoms. The van der Waals surface area contributed by atoms with Crippen LogP contribution < -0.4 is 10.9 Å². The van der Waals surface area contributed by atoms with E-state index in [1.165, 1.54) is 5.56 Å². The number of amides is 1. The molecule has 0 fully saturated rings. The standard InChI is InChI=1S/C21H23N3O2/c1-5-21(3,4)15-11-9-14(10-12-15)19(25)24-17-8-6-7-16-18(17)22-13(2)23-20(16)26/h6-12H,5H2,1-4H3,(H,24,25)(H,22,23,26). The smallest absolute Gasteiger partial charge is 0.258 e. The van der Waals surface area contributed by atoms with Gasteiger partial charge in [-0.3, -0.25) is 9.59 Å². The Morgan fingerprint density at radius 1 is 1.15 bits per heavy atom. The van der Waals surface area contributed by atoms with E-state index >= 15 is 0 Å². The third-order valence-corrected chi connectivity index (χ3v) is 4.92. The monoisotopic (exact) mass is 349 g/mol. The number of H-pyrrole nitrogens is 1. The van der Waals surface area contributed by atoms with Crippen molar-refractivity contribution in [1.82, 2.24) is 9.97 Å². The maximum atomic E-state index is 12.6. The number of nitrogens with one attached hydrogen (secondary N) is 2.